The number of carbonyl (C=O) groups excluding carboxylic acids is 1. The van der Waals surface area contributed by atoms with Crippen LogP contribution < -0.4 is 5.32 Å². The summed E-state index contributed by atoms with van der Waals surface area (Å²) in [6.07, 6.45) is 2.79. The van der Waals surface area contributed by atoms with Gasteiger partial charge in [0, 0.05) is 39.3 Å². The molecule has 0 radical (unpaired) electrons. The number of rotatable bonds is 2. The summed E-state index contributed by atoms with van der Waals surface area (Å²) < 4.78 is 0. The molecule has 3 aliphatic rings. The number of piperazine rings is 1. The van der Waals surface area contributed by atoms with E-state index in [0.29, 0.717) is 17.9 Å². The summed E-state index contributed by atoms with van der Waals surface area (Å²) in [6, 6.07) is 0. The number of likely N-dealkylation sites (tertiary alicyclic amines) is 1. The first-order chi connectivity index (χ1) is 7.27. The lowest BCUT2D eigenvalue weighted by molar-refractivity contribution is -0.134. The molecule has 3 rings (SSSR count). The van der Waals surface area contributed by atoms with Crippen LogP contribution in [0.1, 0.15) is 12.8 Å². The molecule has 15 heavy (non-hydrogen) atoms. The fourth-order valence-electron chi connectivity index (χ4n) is 2.71. The van der Waals surface area contributed by atoms with E-state index in [2.05, 4.69) is 10.2 Å². The SMILES string of the molecule is O=C(CN1CC2(CC2)C1)N1CCNCC1. The normalized spacial score (nSPS) is 28.9. The fourth-order valence-corrected chi connectivity index (χ4v) is 2.71. The van der Waals surface area contributed by atoms with Crippen molar-refractivity contribution >= 4 is 5.91 Å². The molecule has 0 aromatic heterocycles. The predicted molar refractivity (Wildman–Crippen MR) is 57.6 cm³/mol. The standard InChI is InChI=1S/C11H19N3O/c15-10(14-5-3-12-4-6-14)7-13-8-11(9-13)1-2-11/h12H,1-9H2. The molecule has 4 heteroatoms. The highest BCUT2D eigenvalue weighted by molar-refractivity contribution is 5.78. The minimum atomic E-state index is 0.326. The van der Waals surface area contributed by atoms with Crippen LogP contribution >= 0.6 is 0 Å². The van der Waals surface area contributed by atoms with Crippen LogP contribution in [-0.2, 0) is 4.79 Å². The van der Waals surface area contributed by atoms with E-state index < -0.39 is 0 Å². The molecule has 0 aromatic rings. The lowest BCUT2D eigenvalue weighted by Gasteiger charge is -2.40. The first kappa shape index (κ1) is 9.60. The van der Waals surface area contributed by atoms with Gasteiger partial charge in [0.25, 0.3) is 0 Å². The van der Waals surface area contributed by atoms with Crippen molar-refractivity contribution in [2.24, 2.45) is 5.41 Å². The molecule has 84 valence electrons. The molecule has 3 fully saturated rings. The zero-order chi connectivity index (χ0) is 10.3. The molecule has 2 heterocycles. The Morgan fingerprint density at radius 3 is 2.47 bits per heavy atom. The Labute approximate surface area is 90.6 Å². The van der Waals surface area contributed by atoms with Gasteiger partial charge in [0.1, 0.15) is 0 Å². The molecule has 0 atom stereocenters. The van der Waals surface area contributed by atoms with Crippen LogP contribution in [-0.4, -0.2) is 61.5 Å². The van der Waals surface area contributed by atoms with Crippen LogP contribution in [0.15, 0.2) is 0 Å². The van der Waals surface area contributed by atoms with Gasteiger partial charge in [0.05, 0.1) is 6.54 Å². The largest absolute Gasteiger partial charge is 0.339 e. The topological polar surface area (TPSA) is 35.6 Å². The lowest BCUT2D eigenvalue weighted by atomic mass is 9.97. The quantitative estimate of drug-likeness (QED) is 0.667. The number of hydrogen-bond donors (Lipinski definition) is 1. The minimum Gasteiger partial charge on any atom is -0.339 e. The Balaban J connectivity index is 1.44. The molecular formula is C11H19N3O. The Morgan fingerprint density at radius 2 is 1.87 bits per heavy atom. The Hall–Kier alpha value is -0.610. The first-order valence-electron chi connectivity index (χ1n) is 5.98. The molecule has 2 aliphatic heterocycles. The van der Waals surface area contributed by atoms with E-state index in [0.717, 1.165) is 26.2 Å². The van der Waals surface area contributed by atoms with Crippen molar-refractivity contribution in [1.82, 2.24) is 15.1 Å². The van der Waals surface area contributed by atoms with Crippen LogP contribution in [0.25, 0.3) is 0 Å². The van der Waals surface area contributed by atoms with Crippen molar-refractivity contribution in [3.63, 3.8) is 0 Å². The number of carbonyl (C=O) groups is 1. The maximum Gasteiger partial charge on any atom is 0.236 e. The molecule has 0 bridgehead atoms. The van der Waals surface area contributed by atoms with Crippen LogP contribution in [0.4, 0.5) is 0 Å². The monoisotopic (exact) mass is 209 g/mol. The molecule has 1 N–H and O–H groups in total. The Bertz CT molecular complexity index is 261. The molecule has 0 unspecified atom stereocenters. The van der Waals surface area contributed by atoms with Gasteiger partial charge in [-0.25, -0.2) is 0 Å². The zero-order valence-corrected chi connectivity index (χ0v) is 9.17. The molecular weight excluding hydrogens is 190 g/mol. The average molecular weight is 209 g/mol. The summed E-state index contributed by atoms with van der Waals surface area (Å²) in [7, 11) is 0. The van der Waals surface area contributed by atoms with Crippen molar-refractivity contribution in [3.05, 3.63) is 0 Å². The molecule has 1 saturated carbocycles. The maximum absolute atomic E-state index is 11.9. The van der Waals surface area contributed by atoms with E-state index in [4.69, 9.17) is 0 Å². The van der Waals surface area contributed by atoms with Gasteiger partial charge in [0.15, 0.2) is 0 Å². The van der Waals surface area contributed by atoms with Crippen molar-refractivity contribution in [3.8, 4) is 0 Å². The van der Waals surface area contributed by atoms with Gasteiger partial charge in [-0.15, -0.1) is 0 Å². The summed E-state index contributed by atoms with van der Waals surface area (Å²) >= 11 is 0. The second-order valence-corrected chi connectivity index (χ2v) is 5.28. The summed E-state index contributed by atoms with van der Waals surface area (Å²) in [6.45, 7) is 6.68. The zero-order valence-electron chi connectivity index (χ0n) is 9.17. The van der Waals surface area contributed by atoms with Gasteiger partial charge < -0.3 is 10.2 Å². The van der Waals surface area contributed by atoms with Gasteiger partial charge >= 0.3 is 0 Å². The van der Waals surface area contributed by atoms with Crippen molar-refractivity contribution in [1.29, 1.82) is 0 Å². The van der Waals surface area contributed by atoms with Crippen LogP contribution in [0, 0.1) is 5.41 Å². The molecule has 2 saturated heterocycles. The maximum atomic E-state index is 11.9. The fraction of sp³-hybridized carbons (Fsp3) is 0.909. The van der Waals surface area contributed by atoms with Gasteiger partial charge in [-0.1, -0.05) is 0 Å². The highest BCUT2D eigenvalue weighted by Gasteiger charge is 2.52. The summed E-state index contributed by atoms with van der Waals surface area (Å²) in [5, 5.41) is 3.27. The minimum absolute atomic E-state index is 0.326. The van der Waals surface area contributed by atoms with Gasteiger partial charge in [-0.3, -0.25) is 9.69 Å². The van der Waals surface area contributed by atoms with Crippen molar-refractivity contribution in [2.45, 2.75) is 12.8 Å². The van der Waals surface area contributed by atoms with E-state index in [1.54, 1.807) is 0 Å². The molecule has 1 spiro atoms. The predicted octanol–water partition coefficient (Wildman–Crippen LogP) is -0.486. The molecule has 1 amide bonds. The molecule has 4 nitrogen and oxygen atoms in total. The third-order valence-electron chi connectivity index (χ3n) is 3.90. The number of amides is 1. The van der Waals surface area contributed by atoms with Crippen LogP contribution in [0.5, 0.6) is 0 Å². The summed E-state index contributed by atoms with van der Waals surface area (Å²) in [5.74, 6) is 0.326. The lowest BCUT2D eigenvalue weighted by Crippen LogP contribution is -2.55. The smallest absolute Gasteiger partial charge is 0.236 e. The first-order valence-corrected chi connectivity index (χ1v) is 5.98. The third kappa shape index (κ3) is 1.88. The second-order valence-electron chi connectivity index (χ2n) is 5.28. The summed E-state index contributed by atoms with van der Waals surface area (Å²) in [4.78, 5) is 16.2. The van der Waals surface area contributed by atoms with Crippen molar-refractivity contribution < 1.29 is 4.79 Å². The Kier molecular flexibility index (Phi) is 2.21. The van der Waals surface area contributed by atoms with E-state index in [1.807, 2.05) is 4.90 Å². The van der Waals surface area contributed by atoms with Crippen molar-refractivity contribution in [2.75, 3.05) is 45.8 Å². The second kappa shape index (κ2) is 3.46. The van der Waals surface area contributed by atoms with Gasteiger partial charge in [0.2, 0.25) is 5.91 Å². The molecule has 0 aromatic carbocycles. The number of nitrogens with one attached hydrogen (secondary N) is 1. The van der Waals surface area contributed by atoms with Crippen LogP contribution in [0.3, 0.4) is 0 Å². The highest BCUT2D eigenvalue weighted by atomic mass is 16.2. The average Bonchev–Trinajstić information content (AvgIpc) is 2.99. The number of nitrogens with zero attached hydrogens (tertiary/aromatic N) is 2. The summed E-state index contributed by atoms with van der Waals surface area (Å²) in [5.41, 5.74) is 0.670. The van der Waals surface area contributed by atoms with E-state index in [-0.39, 0.29) is 0 Å². The Morgan fingerprint density at radius 1 is 1.20 bits per heavy atom. The van der Waals surface area contributed by atoms with Crippen LogP contribution in [0.2, 0.25) is 0 Å². The highest BCUT2D eigenvalue weighted by Crippen LogP contribution is 2.52. The third-order valence-corrected chi connectivity index (χ3v) is 3.90. The van der Waals surface area contributed by atoms with E-state index in [1.165, 1.54) is 25.9 Å². The van der Waals surface area contributed by atoms with E-state index >= 15 is 0 Å². The van der Waals surface area contributed by atoms with Gasteiger partial charge in [-0.2, -0.15) is 0 Å². The number of hydrogen-bond acceptors (Lipinski definition) is 3. The van der Waals surface area contributed by atoms with E-state index in [9.17, 15) is 4.79 Å². The van der Waals surface area contributed by atoms with Gasteiger partial charge in [-0.05, 0) is 18.3 Å². The molecule has 1 aliphatic carbocycles.